The maximum Gasteiger partial charge on any atom is 0.416 e. The van der Waals surface area contributed by atoms with E-state index in [9.17, 15) is 18.0 Å². The molecule has 0 aliphatic carbocycles. The number of halogens is 3. The first-order valence-corrected chi connectivity index (χ1v) is 9.46. The van der Waals surface area contributed by atoms with E-state index in [1.165, 1.54) is 13.2 Å². The van der Waals surface area contributed by atoms with Gasteiger partial charge in [0, 0.05) is 37.4 Å². The zero-order valence-electron chi connectivity index (χ0n) is 16.6. The lowest BCUT2D eigenvalue weighted by Crippen LogP contribution is -2.48. The second-order valence-electron chi connectivity index (χ2n) is 6.79. The third kappa shape index (κ3) is 4.87. The van der Waals surface area contributed by atoms with Gasteiger partial charge in [-0.05, 0) is 36.4 Å². The van der Waals surface area contributed by atoms with Crippen LogP contribution in [-0.4, -0.2) is 50.7 Å². The summed E-state index contributed by atoms with van der Waals surface area (Å²) in [6.07, 6.45) is -2.77. The maximum atomic E-state index is 13.0. The normalized spacial score (nSPS) is 14.4. The summed E-state index contributed by atoms with van der Waals surface area (Å²) in [5.41, 5.74) is 0.289. The number of amides is 1. The van der Waals surface area contributed by atoms with E-state index >= 15 is 0 Å². The Hall–Kier alpha value is -3.16. The quantitative estimate of drug-likeness (QED) is 0.656. The molecule has 0 bridgehead atoms. The van der Waals surface area contributed by atoms with Gasteiger partial charge in [-0.25, -0.2) is 0 Å². The number of hydrogen-bond acceptors (Lipinski definition) is 4. The lowest BCUT2D eigenvalue weighted by Gasteiger charge is -2.36. The molecule has 1 amide bonds. The topological polar surface area (TPSA) is 42.0 Å². The van der Waals surface area contributed by atoms with E-state index in [1.807, 2.05) is 4.90 Å². The van der Waals surface area contributed by atoms with Gasteiger partial charge in [0.2, 0.25) is 0 Å². The van der Waals surface area contributed by atoms with Gasteiger partial charge in [0.25, 0.3) is 5.91 Å². The van der Waals surface area contributed by atoms with Crippen LogP contribution in [-0.2, 0) is 6.18 Å². The van der Waals surface area contributed by atoms with Crippen molar-refractivity contribution in [1.82, 2.24) is 4.90 Å². The second-order valence-corrected chi connectivity index (χ2v) is 6.79. The molecule has 0 saturated carbocycles. The van der Waals surface area contributed by atoms with Crippen LogP contribution in [0, 0.1) is 0 Å². The first-order chi connectivity index (χ1) is 14.3. The molecule has 2 aromatic rings. The molecule has 160 valence electrons. The van der Waals surface area contributed by atoms with Crippen LogP contribution < -0.4 is 14.4 Å². The highest BCUT2D eigenvalue weighted by atomic mass is 19.4. The van der Waals surface area contributed by atoms with Crippen molar-refractivity contribution in [3.63, 3.8) is 0 Å². The predicted octanol–water partition coefficient (Wildman–Crippen LogP) is 4.24. The highest BCUT2D eigenvalue weighted by Crippen LogP contribution is 2.32. The summed E-state index contributed by atoms with van der Waals surface area (Å²) in [5, 5.41) is 0. The molecule has 2 aromatic carbocycles. The molecule has 8 heteroatoms. The van der Waals surface area contributed by atoms with Crippen molar-refractivity contribution < 1.29 is 27.4 Å². The molecule has 0 N–H and O–H groups in total. The van der Waals surface area contributed by atoms with Gasteiger partial charge in [0.1, 0.15) is 6.61 Å². The predicted molar refractivity (Wildman–Crippen MR) is 108 cm³/mol. The Morgan fingerprint density at radius 3 is 2.47 bits per heavy atom. The molecule has 0 atom stereocenters. The summed E-state index contributed by atoms with van der Waals surface area (Å²) in [6, 6.07) is 10.2. The molecule has 0 unspecified atom stereocenters. The zero-order chi connectivity index (χ0) is 21.7. The Balaban J connectivity index is 1.66. The number of carbonyl (C=O) groups is 1. The Kier molecular flexibility index (Phi) is 6.54. The van der Waals surface area contributed by atoms with Gasteiger partial charge in [0.15, 0.2) is 11.5 Å². The van der Waals surface area contributed by atoms with Crippen molar-refractivity contribution in [3.05, 3.63) is 66.2 Å². The molecule has 1 heterocycles. The molecule has 5 nitrogen and oxygen atoms in total. The number of alkyl halides is 3. The van der Waals surface area contributed by atoms with Crippen LogP contribution in [0.3, 0.4) is 0 Å². The number of piperazine rings is 1. The molecule has 1 aliphatic rings. The first-order valence-electron chi connectivity index (χ1n) is 9.46. The maximum absolute atomic E-state index is 13.0. The molecular weight excluding hydrogens is 397 g/mol. The molecular formula is C22H23F3N2O3. The monoisotopic (exact) mass is 420 g/mol. The summed E-state index contributed by atoms with van der Waals surface area (Å²) in [6.45, 7) is 5.63. The minimum atomic E-state index is -4.38. The van der Waals surface area contributed by atoms with Crippen molar-refractivity contribution in [3.8, 4) is 11.5 Å². The highest BCUT2D eigenvalue weighted by molar-refractivity contribution is 5.95. The van der Waals surface area contributed by atoms with E-state index in [0.717, 1.165) is 12.1 Å². The lowest BCUT2D eigenvalue weighted by atomic mass is 10.1. The van der Waals surface area contributed by atoms with E-state index in [1.54, 1.807) is 35.2 Å². The van der Waals surface area contributed by atoms with Gasteiger partial charge in [-0.2, -0.15) is 13.2 Å². The van der Waals surface area contributed by atoms with Crippen LogP contribution in [0.1, 0.15) is 15.9 Å². The van der Waals surface area contributed by atoms with Crippen molar-refractivity contribution in [2.75, 3.05) is 44.8 Å². The molecule has 0 spiro atoms. The fraction of sp³-hybridized carbons (Fsp3) is 0.318. The Bertz CT molecular complexity index is 907. The fourth-order valence-corrected chi connectivity index (χ4v) is 3.30. The molecule has 1 aliphatic heterocycles. The van der Waals surface area contributed by atoms with E-state index in [2.05, 4.69) is 6.58 Å². The van der Waals surface area contributed by atoms with Crippen LogP contribution in [0.2, 0.25) is 0 Å². The van der Waals surface area contributed by atoms with Gasteiger partial charge in [-0.1, -0.05) is 18.7 Å². The highest BCUT2D eigenvalue weighted by Gasteiger charge is 2.31. The van der Waals surface area contributed by atoms with E-state index in [-0.39, 0.29) is 5.91 Å². The fourth-order valence-electron chi connectivity index (χ4n) is 3.30. The van der Waals surface area contributed by atoms with Crippen LogP contribution in [0.4, 0.5) is 18.9 Å². The largest absolute Gasteiger partial charge is 0.493 e. The number of carbonyl (C=O) groups excluding carboxylic acids is 1. The van der Waals surface area contributed by atoms with Crippen molar-refractivity contribution in [1.29, 1.82) is 0 Å². The van der Waals surface area contributed by atoms with Crippen molar-refractivity contribution in [2.45, 2.75) is 6.18 Å². The van der Waals surface area contributed by atoms with E-state index in [0.29, 0.717) is 55.5 Å². The second kappa shape index (κ2) is 9.11. The van der Waals surface area contributed by atoms with Gasteiger partial charge in [-0.15, -0.1) is 0 Å². The number of ether oxygens (including phenoxy) is 2. The average molecular weight is 420 g/mol. The van der Waals surface area contributed by atoms with Crippen LogP contribution in [0.15, 0.2) is 55.1 Å². The van der Waals surface area contributed by atoms with Gasteiger partial charge in [-0.3, -0.25) is 4.79 Å². The molecule has 3 rings (SSSR count). The Labute approximate surface area is 173 Å². The Morgan fingerprint density at radius 1 is 1.10 bits per heavy atom. The summed E-state index contributed by atoms with van der Waals surface area (Å²) in [7, 11) is 1.50. The van der Waals surface area contributed by atoms with Crippen molar-refractivity contribution >= 4 is 11.6 Å². The van der Waals surface area contributed by atoms with Crippen LogP contribution in [0.5, 0.6) is 11.5 Å². The zero-order valence-corrected chi connectivity index (χ0v) is 16.6. The van der Waals surface area contributed by atoms with E-state index in [4.69, 9.17) is 9.47 Å². The van der Waals surface area contributed by atoms with Gasteiger partial charge in [0.05, 0.1) is 12.7 Å². The summed E-state index contributed by atoms with van der Waals surface area (Å²) in [5.74, 6) is 0.806. The molecule has 1 saturated heterocycles. The number of benzene rings is 2. The van der Waals surface area contributed by atoms with Crippen LogP contribution >= 0.6 is 0 Å². The SMILES string of the molecule is C=CCOc1ccc(C(=O)N2CCN(c3cccc(C(F)(F)F)c3)CC2)cc1OC. The summed E-state index contributed by atoms with van der Waals surface area (Å²) < 4.78 is 49.7. The van der Waals surface area contributed by atoms with Crippen LogP contribution in [0.25, 0.3) is 0 Å². The van der Waals surface area contributed by atoms with E-state index < -0.39 is 11.7 Å². The number of methoxy groups -OCH3 is 1. The molecule has 0 aromatic heterocycles. The average Bonchev–Trinajstić information content (AvgIpc) is 2.76. The standard InChI is InChI=1S/C22H23F3N2O3/c1-3-13-30-19-8-7-16(14-20(19)29-2)21(28)27-11-9-26(10-12-27)18-6-4-5-17(15-18)22(23,24)25/h3-8,14-15H,1,9-13H2,2H3. The molecule has 1 fully saturated rings. The molecule has 30 heavy (non-hydrogen) atoms. The minimum Gasteiger partial charge on any atom is -0.493 e. The smallest absolute Gasteiger partial charge is 0.416 e. The minimum absolute atomic E-state index is 0.160. The van der Waals surface area contributed by atoms with Crippen molar-refractivity contribution in [2.24, 2.45) is 0 Å². The van der Waals surface area contributed by atoms with Gasteiger partial charge < -0.3 is 19.3 Å². The first kappa shape index (κ1) is 21.5. The lowest BCUT2D eigenvalue weighted by molar-refractivity contribution is -0.137. The number of rotatable bonds is 6. The number of nitrogens with zero attached hydrogens (tertiary/aromatic N) is 2. The third-order valence-electron chi connectivity index (χ3n) is 4.87. The van der Waals surface area contributed by atoms with Gasteiger partial charge >= 0.3 is 6.18 Å². The number of hydrogen-bond donors (Lipinski definition) is 0. The summed E-state index contributed by atoms with van der Waals surface area (Å²) >= 11 is 0. The Morgan fingerprint density at radius 2 is 1.83 bits per heavy atom. The third-order valence-corrected chi connectivity index (χ3v) is 4.87. The molecule has 0 radical (unpaired) electrons. The summed E-state index contributed by atoms with van der Waals surface area (Å²) in [4.78, 5) is 16.4. The number of anilines is 1.